The third kappa shape index (κ3) is 3.22. The minimum absolute atomic E-state index is 0.500. The highest BCUT2D eigenvalue weighted by atomic mass is 32.1. The molecule has 0 aliphatic heterocycles. The molecule has 1 saturated carbocycles. The number of rotatable bonds is 6. The van der Waals surface area contributed by atoms with Crippen LogP contribution in [-0.2, 0) is 0 Å². The van der Waals surface area contributed by atoms with Gasteiger partial charge in [-0.1, -0.05) is 33.6 Å². The van der Waals surface area contributed by atoms with Crippen LogP contribution in [0.3, 0.4) is 0 Å². The Balaban J connectivity index is 2.32. The maximum absolute atomic E-state index is 3.82. The van der Waals surface area contributed by atoms with Gasteiger partial charge in [-0.05, 0) is 61.1 Å². The highest BCUT2D eigenvalue weighted by Gasteiger charge is 2.42. The molecule has 0 aromatic carbocycles. The average Bonchev–Trinajstić information content (AvgIpc) is 2.96. The number of aryl methyl sites for hydroxylation is 1. The molecule has 1 aliphatic carbocycles. The number of thiophene rings is 1. The van der Waals surface area contributed by atoms with Crippen molar-refractivity contribution in [2.45, 2.75) is 65.8 Å². The summed E-state index contributed by atoms with van der Waals surface area (Å²) < 4.78 is 0. The molecular formula is C17H29NS. The third-order valence-electron chi connectivity index (χ3n) is 4.60. The van der Waals surface area contributed by atoms with Crippen molar-refractivity contribution in [1.29, 1.82) is 0 Å². The fraction of sp³-hybridized carbons (Fsp3) is 0.765. The van der Waals surface area contributed by atoms with Crippen LogP contribution in [0.15, 0.2) is 11.4 Å². The maximum atomic E-state index is 3.82. The van der Waals surface area contributed by atoms with Crippen molar-refractivity contribution in [3.8, 4) is 0 Å². The lowest BCUT2D eigenvalue weighted by molar-refractivity contribution is 0.159. The normalized spacial score (nSPS) is 20.1. The van der Waals surface area contributed by atoms with Gasteiger partial charge < -0.3 is 5.32 Å². The molecule has 1 heterocycles. The van der Waals surface area contributed by atoms with Crippen molar-refractivity contribution in [2.24, 2.45) is 11.3 Å². The Morgan fingerprint density at radius 2 is 2.00 bits per heavy atom. The summed E-state index contributed by atoms with van der Waals surface area (Å²) in [4.78, 5) is 1.59. The van der Waals surface area contributed by atoms with E-state index in [1.807, 2.05) is 11.3 Å². The van der Waals surface area contributed by atoms with Crippen LogP contribution in [0.4, 0.5) is 0 Å². The molecule has 0 saturated heterocycles. The summed E-state index contributed by atoms with van der Waals surface area (Å²) in [5, 5.41) is 6.08. The maximum Gasteiger partial charge on any atom is 0.0474 e. The van der Waals surface area contributed by atoms with Crippen molar-refractivity contribution in [2.75, 3.05) is 6.54 Å². The number of hydrogen-bond donors (Lipinski definition) is 1. The molecule has 19 heavy (non-hydrogen) atoms. The Morgan fingerprint density at radius 3 is 2.47 bits per heavy atom. The molecule has 1 aliphatic rings. The van der Waals surface area contributed by atoms with E-state index in [1.54, 1.807) is 4.88 Å². The molecule has 1 aromatic rings. The van der Waals surface area contributed by atoms with Gasteiger partial charge in [-0.25, -0.2) is 0 Å². The van der Waals surface area contributed by atoms with E-state index in [0.29, 0.717) is 11.5 Å². The van der Waals surface area contributed by atoms with E-state index in [-0.39, 0.29) is 0 Å². The van der Waals surface area contributed by atoms with E-state index in [0.717, 1.165) is 12.5 Å². The van der Waals surface area contributed by atoms with Crippen LogP contribution in [0.2, 0.25) is 0 Å². The van der Waals surface area contributed by atoms with Crippen LogP contribution < -0.4 is 5.32 Å². The molecule has 1 unspecified atom stereocenters. The minimum atomic E-state index is 0.500. The largest absolute Gasteiger partial charge is 0.309 e. The molecule has 2 heteroatoms. The van der Waals surface area contributed by atoms with Gasteiger partial charge in [0, 0.05) is 10.9 Å². The first kappa shape index (κ1) is 15.1. The first-order valence-electron chi connectivity index (χ1n) is 7.86. The van der Waals surface area contributed by atoms with Crippen LogP contribution in [0.1, 0.15) is 69.4 Å². The SMILES string of the molecule is CCNC(c1sccc1C)C1(CC(C)C)CCCC1. The van der Waals surface area contributed by atoms with Gasteiger partial charge in [-0.15, -0.1) is 11.3 Å². The van der Waals surface area contributed by atoms with Gasteiger partial charge in [0.2, 0.25) is 0 Å². The van der Waals surface area contributed by atoms with Crippen molar-refractivity contribution in [1.82, 2.24) is 5.32 Å². The lowest BCUT2D eigenvalue weighted by Crippen LogP contribution is -2.37. The lowest BCUT2D eigenvalue weighted by Gasteiger charge is -2.39. The monoisotopic (exact) mass is 279 g/mol. The summed E-state index contributed by atoms with van der Waals surface area (Å²) in [5.41, 5.74) is 1.98. The topological polar surface area (TPSA) is 12.0 Å². The fourth-order valence-corrected chi connectivity index (χ4v) is 5.12. The molecule has 108 valence electrons. The van der Waals surface area contributed by atoms with E-state index in [2.05, 4.69) is 44.5 Å². The molecule has 1 fully saturated rings. The number of hydrogen-bond acceptors (Lipinski definition) is 2. The Labute approximate surface area is 122 Å². The summed E-state index contributed by atoms with van der Waals surface area (Å²) >= 11 is 1.95. The van der Waals surface area contributed by atoms with Crippen LogP contribution >= 0.6 is 11.3 Å². The van der Waals surface area contributed by atoms with E-state index < -0.39 is 0 Å². The van der Waals surface area contributed by atoms with E-state index in [1.165, 1.54) is 37.7 Å². The van der Waals surface area contributed by atoms with Crippen LogP contribution in [-0.4, -0.2) is 6.54 Å². The molecule has 1 aromatic heterocycles. The highest BCUT2D eigenvalue weighted by Crippen LogP contribution is 2.52. The van der Waals surface area contributed by atoms with Gasteiger partial charge in [0.25, 0.3) is 0 Å². The zero-order chi connectivity index (χ0) is 13.9. The quantitative estimate of drug-likeness (QED) is 0.743. The first-order chi connectivity index (χ1) is 9.09. The van der Waals surface area contributed by atoms with Crippen LogP contribution in [0.5, 0.6) is 0 Å². The second-order valence-electron chi connectivity index (χ2n) is 6.63. The summed E-state index contributed by atoms with van der Waals surface area (Å²) in [5.74, 6) is 0.791. The lowest BCUT2D eigenvalue weighted by atomic mass is 9.71. The van der Waals surface area contributed by atoms with Gasteiger partial charge in [0.05, 0.1) is 0 Å². The molecule has 1 N–H and O–H groups in total. The minimum Gasteiger partial charge on any atom is -0.309 e. The zero-order valence-corrected chi connectivity index (χ0v) is 13.8. The fourth-order valence-electron chi connectivity index (χ4n) is 3.97. The summed E-state index contributed by atoms with van der Waals surface area (Å²) in [7, 11) is 0. The molecule has 0 amide bonds. The molecule has 0 bridgehead atoms. The Hall–Kier alpha value is -0.340. The Morgan fingerprint density at radius 1 is 1.32 bits per heavy atom. The molecule has 2 rings (SSSR count). The van der Waals surface area contributed by atoms with Gasteiger partial charge >= 0.3 is 0 Å². The molecule has 0 radical (unpaired) electrons. The first-order valence-corrected chi connectivity index (χ1v) is 8.74. The molecular weight excluding hydrogens is 250 g/mol. The van der Waals surface area contributed by atoms with Gasteiger partial charge in [-0.3, -0.25) is 0 Å². The summed E-state index contributed by atoms with van der Waals surface area (Å²) in [6.45, 7) is 10.3. The Bertz CT molecular complexity index is 388. The van der Waals surface area contributed by atoms with Gasteiger partial charge in [-0.2, -0.15) is 0 Å². The van der Waals surface area contributed by atoms with Gasteiger partial charge in [0.1, 0.15) is 0 Å². The van der Waals surface area contributed by atoms with Crippen LogP contribution in [0, 0.1) is 18.3 Å². The Kier molecular flexibility index (Phi) is 5.08. The average molecular weight is 279 g/mol. The second kappa shape index (κ2) is 6.41. The highest BCUT2D eigenvalue weighted by molar-refractivity contribution is 7.10. The van der Waals surface area contributed by atoms with Gasteiger partial charge in [0.15, 0.2) is 0 Å². The second-order valence-corrected chi connectivity index (χ2v) is 7.57. The van der Waals surface area contributed by atoms with Crippen molar-refractivity contribution in [3.05, 3.63) is 21.9 Å². The summed E-state index contributed by atoms with van der Waals surface area (Å²) in [6, 6.07) is 2.85. The number of nitrogens with one attached hydrogen (secondary N) is 1. The smallest absolute Gasteiger partial charge is 0.0474 e. The molecule has 0 spiro atoms. The van der Waals surface area contributed by atoms with Crippen molar-refractivity contribution in [3.63, 3.8) is 0 Å². The van der Waals surface area contributed by atoms with Crippen molar-refractivity contribution < 1.29 is 0 Å². The van der Waals surface area contributed by atoms with E-state index in [9.17, 15) is 0 Å². The molecule has 1 nitrogen and oxygen atoms in total. The predicted octanol–water partition coefficient (Wildman–Crippen LogP) is 5.31. The molecule has 1 atom stereocenters. The zero-order valence-electron chi connectivity index (χ0n) is 13.0. The van der Waals surface area contributed by atoms with Crippen molar-refractivity contribution >= 4 is 11.3 Å². The standard InChI is InChI=1S/C17H29NS/c1-5-18-16(15-14(4)8-11-19-15)17(12-13(2)3)9-6-7-10-17/h8,11,13,16,18H,5-7,9-10,12H2,1-4H3. The van der Waals surface area contributed by atoms with E-state index >= 15 is 0 Å². The predicted molar refractivity (Wildman–Crippen MR) is 85.8 cm³/mol. The van der Waals surface area contributed by atoms with Crippen LogP contribution in [0.25, 0.3) is 0 Å². The summed E-state index contributed by atoms with van der Waals surface area (Å²) in [6.07, 6.45) is 7.00. The third-order valence-corrected chi connectivity index (χ3v) is 5.68. The van der Waals surface area contributed by atoms with E-state index in [4.69, 9.17) is 0 Å².